The van der Waals surface area contributed by atoms with E-state index in [1.165, 1.54) is 7.11 Å². The van der Waals surface area contributed by atoms with E-state index >= 15 is 0 Å². The average molecular weight is 381 g/mol. The van der Waals surface area contributed by atoms with Crippen LogP contribution >= 0.6 is 11.6 Å². The molecule has 0 saturated carbocycles. The first kappa shape index (κ1) is 17.9. The molecule has 1 heterocycles. The van der Waals surface area contributed by atoms with E-state index in [2.05, 4.69) is 9.62 Å². The number of hydrogen-bond acceptors (Lipinski definition) is 4. The molecule has 0 radical (unpaired) electrons. The lowest BCUT2D eigenvalue weighted by atomic mass is 10.2. The van der Waals surface area contributed by atoms with Gasteiger partial charge in [-0.05, 0) is 42.7 Å². The van der Waals surface area contributed by atoms with E-state index in [-0.39, 0.29) is 5.75 Å². The number of halogens is 1. The fourth-order valence-electron chi connectivity index (χ4n) is 2.97. The minimum atomic E-state index is -3.62. The van der Waals surface area contributed by atoms with E-state index in [0.29, 0.717) is 22.0 Å². The van der Waals surface area contributed by atoms with Crippen LogP contribution in [0.4, 0.5) is 11.4 Å². The van der Waals surface area contributed by atoms with Crippen LogP contribution in [-0.2, 0) is 15.8 Å². The number of anilines is 2. The van der Waals surface area contributed by atoms with E-state index < -0.39 is 10.0 Å². The van der Waals surface area contributed by atoms with Crippen LogP contribution in [0.2, 0.25) is 5.02 Å². The van der Waals surface area contributed by atoms with E-state index in [9.17, 15) is 8.42 Å². The van der Waals surface area contributed by atoms with Gasteiger partial charge in [-0.15, -0.1) is 0 Å². The molecule has 1 aliphatic rings. The second-order valence-corrected chi connectivity index (χ2v) is 8.16. The van der Waals surface area contributed by atoms with E-state index in [4.69, 9.17) is 16.3 Å². The Bertz CT molecular complexity index is 849. The van der Waals surface area contributed by atoms with Crippen LogP contribution in [0.3, 0.4) is 0 Å². The molecule has 7 heteroatoms. The third-order valence-corrected chi connectivity index (χ3v) is 5.81. The first-order valence-electron chi connectivity index (χ1n) is 8.15. The Hall–Kier alpha value is -1.92. The lowest BCUT2D eigenvalue weighted by molar-refractivity contribution is 0.417. The Morgan fingerprint density at radius 2 is 1.88 bits per heavy atom. The molecule has 0 bridgehead atoms. The van der Waals surface area contributed by atoms with Crippen LogP contribution in [-0.4, -0.2) is 28.6 Å². The molecule has 3 rings (SSSR count). The Balaban J connectivity index is 1.85. The zero-order valence-corrected chi connectivity index (χ0v) is 15.6. The van der Waals surface area contributed by atoms with Gasteiger partial charge in [0.15, 0.2) is 0 Å². The Morgan fingerprint density at radius 1 is 1.16 bits per heavy atom. The van der Waals surface area contributed by atoms with Crippen molar-refractivity contribution in [2.45, 2.75) is 18.6 Å². The minimum absolute atomic E-state index is 0.191. The van der Waals surface area contributed by atoms with Gasteiger partial charge in [-0.1, -0.05) is 29.8 Å². The molecule has 2 aromatic carbocycles. The quantitative estimate of drug-likeness (QED) is 0.825. The van der Waals surface area contributed by atoms with Crippen LogP contribution in [0.15, 0.2) is 42.5 Å². The van der Waals surface area contributed by atoms with E-state index in [1.54, 1.807) is 30.3 Å². The van der Waals surface area contributed by atoms with Crippen molar-refractivity contribution in [1.82, 2.24) is 0 Å². The number of hydrogen-bond donors (Lipinski definition) is 1. The molecule has 134 valence electrons. The predicted molar refractivity (Wildman–Crippen MR) is 102 cm³/mol. The van der Waals surface area contributed by atoms with Gasteiger partial charge in [0.05, 0.1) is 18.6 Å². The Morgan fingerprint density at radius 3 is 2.56 bits per heavy atom. The van der Waals surface area contributed by atoms with Gasteiger partial charge in [-0.2, -0.15) is 0 Å². The molecule has 1 saturated heterocycles. The van der Waals surface area contributed by atoms with Crippen LogP contribution in [0.25, 0.3) is 0 Å². The number of ether oxygens (including phenoxy) is 1. The maximum Gasteiger partial charge on any atom is 0.237 e. The lowest BCUT2D eigenvalue weighted by Gasteiger charge is -2.20. The molecule has 0 amide bonds. The highest BCUT2D eigenvalue weighted by Gasteiger charge is 2.19. The molecule has 0 spiro atoms. The van der Waals surface area contributed by atoms with Crippen LogP contribution < -0.4 is 14.4 Å². The van der Waals surface area contributed by atoms with E-state index in [1.807, 2.05) is 12.1 Å². The second kappa shape index (κ2) is 7.54. The summed E-state index contributed by atoms with van der Waals surface area (Å²) in [5, 5.41) is 0.436. The van der Waals surface area contributed by atoms with Gasteiger partial charge in [-0.3, -0.25) is 4.72 Å². The topological polar surface area (TPSA) is 58.6 Å². The molecule has 2 aromatic rings. The van der Waals surface area contributed by atoms with Gasteiger partial charge in [0, 0.05) is 23.8 Å². The average Bonchev–Trinajstić information content (AvgIpc) is 3.11. The summed E-state index contributed by atoms with van der Waals surface area (Å²) in [4.78, 5) is 2.24. The van der Waals surface area contributed by atoms with Crippen molar-refractivity contribution in [3.8, 4) is 5.75 Å². The van der Waals surface area contributed by atoms with Gasteiger partial charge in [-0.25, -0.2) is 8.42 Å². The molecular weight excluding hydrogens is 360 g/mol. The number of rotatable bonds is 6. The number of methoxy groups -OCH3 is 1. The first-order chi connectivity index (χ1) is 12.0. The maximum absolute atomic E-state index is 12.6. The number of nitrogens with zero attached hydrogens (tertiary/aromatic N) is 1. The van der Waals surface area contributed by atoms with Gasteiger partial charge < -0.3 is 9.64 Å². The lowest BCUT2D eigenvalue weighted by Crippen LogP contribution is -2.19. The van der Waals surface area contributed by atoms with Crippen LogP contribution in [0.5, 0.6) is 5.75 Å². The number of sulfonamides is 1. The molecule has 0 aromatic heterocycles. The normalized spacial score (nSPS) is 14.6. The summed E-state index contributed by atoms with van der Waals surface area (Å²) in [5.74, 6) is 0.301. The largest absolute Gasteiger partial charge is 0.495 e. The van der Waals surface area contributed by atoms with Crippen molar-refractivity contribution in [2.75, 3.05) is 29.8 Å². The minimum Gasteiger partial charge on any atom is -0.495 e. The van der Waals surface area contributed by atoms with Gasteiger partial charge >= 0.3 is 0 Å². The van der Waals surface area contributed by atoms with Crippen molar-refractivity contribution in [3.05, 3.63) is 53.1 Å². The van der Waals surface area contributed by atoms with E-state index in [0.717, 1.165) is 31.6 Å². The summed E-state index contributed by atoms with van der Waals surface area (Å²) >= 11 is 6.08. The number of nitrogens with one attached hydrogen (secondary N) is 1. The van der Waals surface area contributed by atoms with Crippen molar-refractivity contribution in [1.29, 1.82) is 0 Å². The molecule has 0 atom stereocenters. The van der Waals surface area contributed by atoms with Crippen molar-refractivity contribution >= 4 is 33.0 Å². The molecule has 5 nitrogen and oxygen atoms in total. The summed E-state index contributed by atoms with van der Waals surface area (Å²) in [6.45, 7) is 1.97. The predicted octanol–water partition coefficient (Wildman–Crippen LogP) is 3.89. The monoisotopic (exact) mass is 380 g/mol. The number of benzene rings is 2. The molecule has 1 fully saturated rings. The smallest absolute Gasteiger partial charge is 0.237 e. The first-order valence-corrected chi connectivity index (χ1v) is 10.2. The fraction of sp³-hybridized carbons (Fsp3) is 0.333. The summed E-state index contributed by atoms with van der Waals surface area (Å²) < 4.78 is 33.1. The third-order valence-electron chi connectivity index (χ3n) is 4.22. The zero-order chi connectivity index (χ0) is 17.9. The summed E-state index contributed by atoms with van der Waals surface area (Å²) in [6, 6.07) is 12.5. The summed E-state index contributed by atoms with van der Waals surface area (Å²) in [7, 11) is -2.09. The standard InChI is InChI=1S/C18H21ClN2O3S/c1-24-18-9-8-15(21-10-4-5-11-21)12-17(18)20-25(22,23)13-14-6-2-3-7-16(14)19/h2-3,6-9,12,20H,4-5,10-11,13H2,1H3. The highest BCUT2D eigenvalue weighted by Crippen LogP contribution is 2.32. The maximum atomic E-state index is 12.6. The Labute approximate surface area is 153 Å². The van der Waals surface area contributed by atoms with Crippen LogP contribution in [0.1, 0.15) is 18.4 Å². The molecular formula is C18H21ClN2O3S. The second-order valence-electron chi connectivity index (χ2n) is 6.03. The molecule has 1 N–H and O–H groups in total. The van der Waals surface area contributed by atoms with Gasteiger partial charge in [0.2, 0.25) is 10.0 Å². The molecule has 0 unspecified atom stereocenters. The SMILES string of the molecule is COc1ccc(N2CCCC2)cc1NS(=O)(=O)Cc1ccccc1Cl. The van der Waals surface area contributed by atoms with Crippen LogP contribution in [0, 0.1) is 0 Å². The highest BCUT2D eigenvalue weighted by atomic mass is 35.5. The molecule has 25 heavy (non-hydrogen) atoms. The van der Waals surface area contributed by atoms with Crippen molar-refractivity contribution < 1.29 is 13.2 Å². The fourth-order valence-corrected chi connectivity index (χ4v) is 4.48. The summed E-state index contributed by atoms with van der Waals surface area (Å²) in [6.07, 6.45) is 2.30. The third kappa shape index (κ3) is 4.38. The molecule has 0 aliphatic carbocycles. The van der Waals surface area contributed by atoms with Crippen molar-refractivity contribution in [3.63, 3.8) is 0 Å². The zero-order valence-electron chi connectivity index (χ0n) is 14.0. The Kier molecular flexibility index (Phi) is 5.39. The van der Waals surface area contributed by atoms with Crippen molar-refractivity contribution in [2.24, 2.45) is 0 Å². The summed E-state index contributed by atoms with van der Waals surface area (Å²) in [5.41, 5.74) is 2.00. The van der Waals surface area contributed by atoms with Gasteiger partial charge in [0.25, 0.3) is 0 Å². The molecule has 1 aliphatic heterocycles. The highest BCUT2D eigenvalue weighted by molar-refractivity contribution is 7.91. The van der Waals surface area contributed by atoms with Gasteiger partial charge in [0.1, 0.15) is 5.75 Å².